The normalized spacial score (nSPS) is 10.2. The summed E-state index contributed by atoms with van der Waals surface area (Å²) in [5, 5.41) is 21.3. The van der Waals surface area contributed by atoms with Gasteiger partial charge in [-0.3, -0.25) is 4.79 Å². The van der Waals surface area contributed by atoms with Gasteiger partial charge in [0.25, 0.3) is 5.91 Å². The fraction of sp³-hybridized carbons (Fsp3) is 0. The van der Waals surface area contributed by atoms with Crippen molar-refractivity contribution >= 4 is 45.1 Å². The van der Waals surface area contributed by atoms with Gasteiger partial charge in [0, 0.05) is 4.47 Å². The molecule has 5 nitrogen and oxygen atoms in total. The molecule has 7 heteroatoms. The number of nitrogens with one attached hydrogen (secondary N) is 1. The van der Waals surface area contributed by atoms with Crippen molar-refractivity contribution in [3.8, 4) is 5.75 Å². The molecule has 0 atom stereocenters. The Morgan fingerprint density at radius 2 is 1.90 bits per heavy atom. The summed E-state index contributed by atoms with van der Waals surface area (Å²) in [4.78, 5) is 23.3. The predicted molar refractivity (Wildman–Crippen MR) is 82.2 cm³/mol. The lowest BCUT2D eigenvalue weighted by Crippen LogP contribution is -2.15. The number of carbonyl (C=O) groups is 2. The van der Waals surface area contributed by atoms with Crippen LogP contribution in [0.5, 0.6) is 5.75 Å². The molecular formula is C14H9BrClNO4. The number of anilines is 1. The van der Waals surface area contributed by atoms with Gasteiger partial charge in [0.15, 0.2) is 0 Å². The molecule has 0 bridgehead atoms. The van der Waals surface area contributed by atoms with Crippen LogP contribution in [-0.4, -0.2) is 22.1 Å². The standard InChI is InChI=1S/C14H9BrClNO4/c15-7-4-5-11(18)8(6-7)13(19)17-10-3-1-2-9(16)12(10)14(20)21/h1-6,18H,(H,17,19)(H,20,21). The third kappa shape index (κ3) is 3.34. The van der Waals surface area contributed by atoms with Gasteiger partial charge in [-0.15, -0.1) is 0 Å². The number of halogens is 2. The van der Waals surface area contributed by atoms with Crippen molar-refractivity contribution in [3.63, 3.8) is 0 Å². The topological polar surface area (TPSA) is 86.6 Å². The number of hydrogen-bond acceptors (Lipinski definition) is 3. The van der Waals surface area contributed by atoms with Crippen molar-refractivity contribution < 1.29 is 19.8 Å². The molecule has 0 spiro atoms. The molecule has 0 saturated heterocycles. The highest BCUT2D eigenvalue weighted by atomic mass is 79.9. The fourth-order valence-corrected chi connectivity index (χ4v) is 2.34. The molecule has 2 aromatic rings. The molecule has 21 heavy (non-hydrogen) atoms. The molecule has 3 N–H and O–H groups in total. The summed E-state index contributed by atoms with van der Waals surface area (Å²) in [6.45, 7) is 0. The van der Waals surface area contributed by atoms with Crippen molar-refractivity contribution in [3.05, 3.63) is 57.0 Å². The Labute approximate surface area is 133 Å². The summed E-state index contributed by atoms with van der Waals surface area (Å²) in [7, 11) is 0. The average Bonchev–Trinajstić information content (AvgIpc) is 2.41. The first-order valence-corrected chi connectivity index (χ1v) is 6.89. The predicted octanol–water partition coefficient (Wildman–Crippen LogP) is 3.76. The Bertz CT molecular complexity index is 733. The van der Waals surface area contributed by atoms with Crippen LogP contribution in [0.4, 0.5) is 5.69 Å². The minimum Gasteiger partial charge on any atom is -0.507 e. The molecule has 0 aromatic heterocycles. The van der Waals surface area contributed by atoms with Crippen molar-refractivity contribution in [1.82, 2.24) is 0 Å². The van der Waals surface area contributed by atoms with E-state index in [4.69, 9.17) is 16.7 Å². The van der Waals surface area contributed by atoms with Crippen molar-refractivity contribution in [2.45, 2.75) is 0 Å². The summed E-state index contributed by atoms with van der Waals surface area (Å²) in [5.41, 5.74) is -0.137. The minimum atomic E-state index is -1.26. The van der Waals surface area contributed by atoms with Crippen molar-refractivity contribution in [2.24, 2.45) is 0 Å². The number of aromatic carboxylic acids is 1. The molecule has 0 aliphatic rings. The van der Waals surface area contributed by atoms with Crippen LogP contribution in [0.2, 0.25) is 5.02 Å². The highest BCUT2D eigenvalue weighted by Crippen LogP contribution is 2.27. The molecule has 0 heterocycles. The number of phenolic OH excluding ortho intramolecular Hbond substituents is 1. The summed E-state index contributed by atoms with van der Waals surface area (Å²) >= 11 is 9.01. The Kier molecular flexibility index (Phi) is 4.50. The number of carbonyl (C=O) groups excluding carboxylic acids is 1. The molecule has 108 valence electrons. The number of phenols is 1. The quantitative estimate of drug-likeness (QED) is 0.768. The maximum absolute atomic E-state index is 12.1. The summed E-state index contributed by atoms with van der Waals surface area (Å²) in [5.74, 6) is -2.11. The number of benzene rings is 2. The molecule has 0 aliphatic heterocycles. The number of aromatic hydroxyl groups is 1. The zero-order chi connectivity index (χ0) is 15.6. The molecule has 1 amide bonds. The number of amides is 1. The van der Waals surface area contributed by atoms with Crippen LogP contribution in [0, 0.1) is 0 Å². The van der Waals surface area contributed by atoms with E-state index >= 15 is 0 Å². The lowest BCUT2D eigenvalue weighted by molar-refractivity contribution is 0.0698. The molecule has 2 rings (SSSR count). The van der Waals surface area contributed by atoms with Crippen LogP contribution in [0.3, 0.4) is 0 Å². The minimum absolute atomic E-state index is 0.0127. The average molecular weight is 371 g/mol. The van der Waals surface area contributed by atoms with Gasteiger partial charge >= 0.3 is 5.97 Å². The molecule has 0 radical (unpaired) electrons. The Morgan fingerprint density at radius 1 is 1.19 bits per heavy atom. The van der Waals surface area contributed by atoms with Gasteiger partial charge in [0.05, 0.1) is 16.3 Å². The molecule has 2 aromatic carbocycles. The lowest BCUT2D eigenvalue weighted by Gasteiger charge is -2.10. The van der Waals surface area contributed by atoms with E-state index in [0.717, 1.165) is 0 Å². The summed E-state index contributed by atoms with van der Waals surface area (Å²) in [6, 6.07) is 8.71. The third-order valence-corrected chi connectivity index (χ3v) is 3.49. The summed E-state index contributed by atoms with van der Waals surface area (Å²) < 4.78 is 0.606. The van der Waals surface area contributed by atoms with Crippen LogP contribution in [-0.2, 0) is 0 Å². The lowest BCUT2D eigenvalue weighted by atomic mass is 10.1. The van der Waals surface area contributed by atoms with Crippen molar-refractivity contribution in [1.29, 1.82) is 0 Å². The maximum atomic E-state index is 12.1. The van der Waals surface area contributed by atoms with Gasteiger partial charge in [0.2, 0.25) is 0 Å². The largest absolute Gasteiger partial charge is 0.507 e. The smallest absolute Gasteiger partial charge is 0.339 e. The molecular weight excluding hydrogens is 362 g/mol. The van der Waals surface area contributed by atoms with Gasteiger partial charge in [-0.2, -0.15) is 0 Å². The first kappa shape index (κ1) is 15.3. The second kappa shape index (κ2) is 6.15. The van der Waals surface area contributed by atoms with E-state index in [2.05, 4.69) is 21.2 Å². The van der Waals surface area contributed by atoms with E-state index in [9.17, 15) is 14.7 Å². The fourth-order valence-electron chi connectivity index (χ4n) is 1.73. The van der Waals surface area contributed by atoms with E-state index in [1.807, 2.05) is 0 Å². The zero-order valence-electron chi connectivity index (χ0n) is 10.4. The van der Waals surface area contributed by atoms with Crippen LogP contribution < -0.4 is 5.32 Å². The molecule has 0 fully saturated rings. The molecule has 0 saturated carbocycles. The van der Waals surface area contributed by atoms with Crippen molar-refractivity contribution in [2.75, 3.05) is 5.32 Å². The van der Waals surface area contributed by atoms with Gasteiger partial charge in [-0.25, -0.2) is 4.79 Å². The van der Waals surface area contributed by atoms with E-state index in [1.165, 1.54) is 30.3 Å². The van der Waals surface area contributed by atoms with Crippen LogP contribution in [0.15, 0.2) is 40.9 Å². The number of carboxylic acids is 1. The second-order valence-electron chi connectivity index (χ2n) is 4.08. The number of hydrogen-bond donors (Lipinski definition) is 3. The highest BCUT2D eigenvalue weighted by molar-refractivity contribution is 9.10. The first-order chi connectivity index (χ1) is 9.90. The SMILES string of the molecule is O=C(Nc1cccc(Cl)c1C(=O)O)c1cc(Br)ccc1O. The molecule has 0 unspecified atom stereocenters. The van der Waals surface area contributed by atoms with Gasteiger partial charge in [-0.1, -0.05) is 33.6 Å². The van der Waals surface area contributed by atoms with E-state index in [1.54, 1.807) is 6.07 Å². The zero-order valence-corrected chi connectivity index (χ0v) is 12.8. The van der Waals surface area contributed by atoms with E-state index < -0.39 is 11.9 Å². The van der Waals surface area contributed by atoms with Gasteiger partial charge < -0.3 is 15.5 Å². The Hall–Kier alpha value is -2.05. The summed E-state index contributed by atoms with van der Waals surface area (Å²) in [6.07, 6.45) is 0. The Morgan fingerprint density at radius 3 is 2.57 bits per heavy atom. The van der Waals surface area contributed by atoms with Gasteiger partial charge in [-0.05, 0) is 30.3 Å². The van der Waals surface area contributed by atoms with Crippen LogP contribution >= 0.6 is 27.5 Å². The first-order valence-electron chi connectivity index (χ1n) is 5.72. The van der Waals surface area contributed by atoms with Gasteiger partial charge in [0.1, 0.15) is 11.3 Å². The number of carboxylic acid groups (broad SMARTS) is 1. The monoisotopic (exact) mass is 369 g/mol. The highest BCUT2D eigenvalue weighted by Gasteiger charge is 2.18. The second-order valence-corrected chi connectivity index (χ2v) is 5.41. The van der Waals surface area contributed by atoms with E-state index in [-0.39, 0.29) is 27.6 Å². The van der Waals surface area contributed by atoms with Crippen LogP contribution in [0.1, 0.15) is 20.7 Å². The molecule has 0 aliphatic carbocycles. The number of rotatable bonds is 3. The van der Waals surface area contributed by atoms with E-state index in [0.29, 0.717) is 4.47 Å². The maximum Gasteiger partial charge on any atom is 0.339 e. The van der Waals surface area contributed by atoms with Crippen LogP contribution in [0.25, 0.3) is 0 Å². The third-order valence-electron chi connectivity index (χ3n) is 2.68. The Balaban J connectivity index is 2.39.